The van der Waals surface area contributed by atoms with Crippen LogP contribution in [0.25, 0.3) is 0 Å². The van der Waals surface area contributed by atoms with Crippen molar-refractivity contribution in [1.82, 2.24) is 4.90 Å². The average molecular weight is 360 g/mol. The molecule has 2 nitrogen and oxygen atoms in total. The molecule has 17 heavy (non-hydrogen) atoms. The van der Waals surface area contributed by atoms with Gasteiger partial charge in [-0.1, -0.05) is 29.8 Å². The van der Waals surface area contributed by atoms with Crippen molar-refractivity contribution in [3.63, 3.8) is 0 Å². The smallest absolute Gasteiger partial charge is 0.182 e. The fourth-order valence-corrected chi connectivity index (χ4v) is 2.12. The van der Waals surface area contributed by atoms with Gasteiger partial charge in [-0.2, -0.15) is 0 Å². The van der Waals surface area contributed by atoms with Crippen LogP contribution in [0.5, 0.6) is 0 Å². The predicted octanol–water partition coefficient (Wildman–Crippen LogP) is 3.42. The molecule has 0 fully saturated rings. The molecule has 4 heteroatoms. The van der Waals surface area contributed by atoms with E-state index in [-0.39, 0.29) is 11.3 Å². The summed E-state index contributed by atoms with van der Waals surface area (Å²) >= 11 is 8.29. The molecule has 0 saturated carbocycles. The Balaban J connectivity index is 2.04. The number of nitrogens with zero attached hydrogens (tertiary/aromatic N) is 1. The van der Waals surface area contributed by atoms with Gasteiger partial charge >= 0.3 is 0 Å². The van der Waals surface area contributed by atoms with Gasteiger partial charge in [-0.05, 0) is 46.9 Å². The maximum Gasteiger partial charge on any atom is 0.182 e. The van der Waals surface area contributed by atoms with Gasteiger partial charge < -0.3 is 4.90 Å². The number of hydrogen-bond donors (Lipinski definition) is 0. The van der Waals surface area contributed by atoms with Crippen molar-refractivity contribution in [2.75, 3.05) is 6.54 Å². The van der Waals surface area contributed by atoms with E-state index >= 15 is 0 Å². The third-order valence-corrected chi connectivity index (χ3v) is 3.58. The highest BCUT2D eigenvalue weighted by molar-refractivity contribution is 14.1. The van der Waals surface area contributed by atoms with Crippen LogP contribution in [0.3, 0.4) is 0 Å². The van der Waals surface area contributed by atoms with Gasteiger partial charge in [0.15, 0.2) is 5.78 Å². The molecule has 0 spiro atoms. The molecule has 0 amide bonds. The summed E-state index contributed by atoms with van der Waals surface area (Å²) in [5.41, 5.74) is 0.477. The summed E-state index contributed by atoms with van der Waals surface area (Å²) in [7, 11) is 0. The van der Waals surface area contributed by atoms with E-state index in [0.29, 0.717) is 6.54 Å². The lowest BCUT2D eigenvalue weighted by Crippen LogP contribution is -2.31. The molecule has 0 aromatic heterocycles. The minimum absolute atomic E-state index is 0.0759. The molecule has 1 aliphatic heterocycles. The first-order chi connectivity index (χ1) is 8.16. The van der Waals surface area contributed by atoms with E-state index in [1.54, 1.807) is 0 Å². The quantitative estimate of drug-likeness (QED) is 0.357. The fraction of sp³-hybridized carbons (Fsp3) is 0.154. The Morgan fingerprint density at radius 1 is 1.29 bits per heavy atom. The van der Waals surface area contributed by atoms with Crippen molar-refractivity contribution in [2.24, 2.45) is 0 Å². The maximum absolute atomic E-state index is 12.0. The molecule has 0 radical (unpaired) electrons. The van der Waals surface area contributed by atoms with Crippen molar-refractivity contribution < 1.29 is 4.79 Å². The minimum atomic E-state index is -0.243. The van der Waals surface area contributed by atoms with Crippen LogP contribution in [0.15, 0.2) is 48.7 Å². The number of halogens is 2. The molecule has 88 valence electrons. The average Bonchev–Trinajstić information content (AvgIpc) is 2.33. The number of rotatable bonds is 3. The van der Waals surface area contributed by atoms with Crippen LogP contribution in [-0.2, 0) is 0 Å². The normalized spacial score (nSPS) is 18.5. The summed E-state index contributed by atoms with van der Waals surface area (Å²) in [6, 6.07) is 7.55. The second-order valence-corrected chi connectivity index (χ2v) is 5.39. The van der Waals surface area contributed by atoms with Crippen molar-refractivity contribution in [2.45, 2.75) is 5.50 Å². The SMILES string of the molecule is O=C(CN1C=CC=CC1Cl)c1ccc(I)cc1. The molecule has 0 saturated heterocycles. The van der Waals surface area contributed by atoms with Gasteiger partial charge in [-0.25, -0.2) is 0 Å². The van der Waals surface area contributed by atoms with E-state index in [0.717, 1.165) is 9.13 Å². The second kappa shape index (κ2) is 5.69. The number of carbonyl (C=O) groups excluding carboxylic acids is 1. The Bertz CT molecular complexity index is 467. The zero-order valence-electron chi connectivity index (χ0n) is 9.01. The molecule has 1 aliphatic rings. The van der Waals surface area contributed by atoms with Crippen LogP contribution >= 0.6 is 34.2 Å². The molecule has 1 aromatic carbocycles. The number of alkyl halides is 1. The van der Waals surface area contributed by atoms with Crippen molar-refractivity contribution in [1.29, 1.82) is 0 Å². The molecule has 2 rings (SSSR count). The van der Waals surface area contributed by atoms with Crippen LogP contribution in [0.2, 0.25) is 0 Å². The molecule has 0 bridgehead atoms. The first kappa shape index (κ1) is 12.6. The number of hydrogen-bond acceptors (Lipinski definition) is 2. The van der Waals surface area contributed by atoms with Crippen LogP contribution in [0.1, 0.15) is 10.4 Å². The Morgan fingerprint density at radius 2 is 2.00 bits per heavy atom. The van der Waals surface area contributed by atoms with Crippen LogP contribution in [0.4, 0.5) is 0 Å². The van der Waals surface area contributed by atoms with Gasteiger partial charge in [0.05, 0.1) is 6.54 Å². The first-order valence-electron chi connectivity index (χ1n) is 5.20. The fourth-order valence-electron chi connectivity index (χ4n) is 1.54. The zero-order valence-corrected chi connectivity index (χ0v) is 11.9. The van der Waals surface area contributed by atoms with Gasteiger partial charge in [0, 0.05) is 15.3 Å². The third kappa shape index (κ3) is 3.33. The Kier molecular flexibility index (Phi) is 4.23. The van der Waals surface area contributed by atoms with Crippen LogP contribution in [0, 0.1) is 3.57 Å². The van der Waals surface area contributed by atoms with Crippen molar-refractivity contribution in [3.05, 3.63) is 57.8 Å². The van der Waals surface area contributed by atoms with Gasteiger partial charge in [-0.3, -0.25) is 4.79 Å². The standard InChI is InChI=1S/C13H11ClINO/c14-13-3-1-2-8-16(13)9-12(17)10-4-6-11(15)7-5-10/h1-8,13H,9H2. The monoisotopic (exact) mass is 359 g/mol. The van der Waals surface area contributed by atoms with Gasteiger partial charge in [-0.15, -0.1) is 0 Å². The van der Waals surface area contributed by atoms with Crippen molar-refractivity contribution in [3.8, 4) is 0 Å². The zero-order chi connectivity index (χ0) is 12.3. The molecule has 1 atom stereocenters. The lowest BCUT2D eigenvalue weighted by atomic mass is 10.1. The van der Waals surface area contributed by atoms with E-state index in [9.17, 15) is 4.79 Å². The van der Waals surface area contributed by atoms with E-state index in [4.69, 9.17) is 11.6 Å². The number of Topliss-reactive ketones (excluding diaryl/α,β-unsaturated/α-hetero) is 1. The van der Waals surface area contributed by atoms with E-state index in [2.05, 4.69) is 22.6 Å². The maximum atomic E-state index is 12.0. The molecule has 0 N–H and O–H groups in total. The van der Waals surface area contributed by atoms with Gasteiger partial charge in [0.1, 0.15) is 5.50 Å². The summed E-state index contributed by atoms with van der Waals surface area (Å²) < 4.78 is 1.12. The molecular formula is C13H11ClINO. The molecule has 0 aliphatic carbocycles. The number of ketones is 1. The predicted molar refractivity (Wildman–Crippen MR) is 78.1 cm³/mol. The summed E-state index contributed by atoms with van der Waals surface area (Å²) in [4.78, 5) is 13.8. The summed E-state index contributed by atoms with van der Waals surface area (Å²) in [5, 5.41) is 0. The number of benzene rings is 1. The largest absolute Gasteiger partial charge is 0.350 e. The van der Waals surface area contributed by atoms with Crippen LogP contribution < -0.4 is 0 Å². The Hall–Kier alpha value is -0.810. The lowest BCUT2D eigenvalue weighted by Gasteiger charge is -2.24. The van der Waals surface area contributed by atoms with Gasteiger partial charge in [0.2, 0.25) is 0 Å². The highest BCUT2D eigenvalue weighted by Crippen LogP contribution is 2.14. The van der Waals surface area contributed by atoms with E-state index in [1.165, 1.54) is 0 Å². The second-order valence-electron chi connectivity index (χ2n) is 3.70. The Labute approximate surface area is 119 Å². The summed E-state index contributed by atoms with van der Waals surface area (Å²) in [6.07, 6.45) is 7.44. The highest BCUT2D eigenvalue weighted by Gasteiger charge is 2.15. The van der Waals surface area contributed by atoms with E-state index < -0.39 is 0 Å². The van der Waals surface area contributed by atoms with Crippen molar-refractivity contribution >= 4 is 40.0 Å². The highest BCUT2D eigenvalue weighted by atomic mass is 127. The topological polar surface area (TPSA) is 20.3 Å². The summed E-state index contributed by atoms with van der Waals surface area (Å²) in [5.74, 6) is 0.0759. The number of allylic oxidation sites excluding steroid dienone is 2. The number of carbonyl (C=O) groups is 1. The summed E-state index contributed by atoms with van der Waals surface area (Å²) in [6.45, 7) is 0.301. The first-order valence-corrected chi connectivity index (χ1v) is 6.72. The van der Waals surface area contributed by atoms with E-state index in [1.807, 2.05) is 53.6 Å². The molecule has 1 heterocycles. The third-order valence-electron chi connectivity index (χ3n) is 2.47. The molecular weight excluding hydrogens is 349 g/mol. The molecule has 1 aromatic rings. The van der Waals surface area contributed by atoms with Gasteiger partial charge in [0.25, 0.3) is 0 Å². The minimum Gasteiger partial charge on any atom is -0.350 e. The Morgan fingerprint density at radius 3 is 2.65 bits per heavy atom. The van der Waals surface area contributed by atoms with Crippen LogP contribution in [-0.4, -0.2) is 22.7 Å². The molecule has 1 unspecified atom stereocenters. The lowest BCUT2D eigenvalue weighted by molar-refractivity contribution is 0.0955.